The first-order valence-electron chi connectivity index (χ1n) is 9.68. The molecule has 0 aromatic heterocycles. The molecule has 0 spiro atoms. The summed E-state index contributed by atoms with van der Waals surface area (Å²) in [6.45, 7) is 7.73. The van der Waals surface area contributed by atoms with Crippen LogP contribution in [0.25, 0.3) is 0 Å². The second-order valence-electron chi connectivity index (χ2n) is 6.71. The van der Waals surface area contributed by atoms with Crippen molar-refractivity contribution in [2.24, 2.45) is 4.99 Å². The van der Waals surface area contributed by atoms with Gasteiger partial charge in [0.25, 0.3) is 0 Å². The van der Waals surface area contributed by atoms with Crippen LogP contribution in [-0.4, -0.2) is 95.0 Å². The van der Waals surface area contributed by atoms with Crippen LogP contribution in [0.4, 0.5) is 0 Å². The average Bonchev–Trinajstić information content (AvgIpc) is 2.97. The van der Waals surface area contributed by atoms with Gasteiger partial charge in [0.05, 0.1) is 18.4 Å². The molecule has 9 heteroatoms. The number of nitrogens with one attached hydrogen (secondary N) is 1. The van der Waals surface area contributed by atoms with Crippen molar-refractivity contribution in [1.29, 1.82) is 0 Å². The van der Waals surface area contributed by atoms with Crippen LogP contribution < -0.4 is 5.32 Å². The Bertz CT molecular complexity index is 533. The number of sulfonamides is 1. The van der Waals surface area contributed by atoms with Crippen molar-refractivity contribution in [3.8, 4) is 0 Å². The molecular weight excluding hydrogens is 356 g/mol. The summed E-state index contributed by atoms with van der Waals surface area (Å²) in [6, 6.07) is 0. The van der Waals surface area contributed by atoms with Crippen LogP contribution >= 0.6 is 0 Å². The number of ether oxygens (including phenoxy) is 2. The largest absolute Gasteiger partial charge is 0.385 e. The van der Waals surface area contributed by atoms with Crippen molar-refractivity contribution < 1.29 is 17.9 Å². The summed E-state index contributed by atoms with van der Waals surface area (Å²) in [5.41, 5.74) is 0. The highest BCUT2D eigenvalue weighted by Crippen LogP contribution is 2.15. The van der Waals surface area contributed by atoms with E-state index < -0.39 is 10.0 Å². The minimum Gasteiger partial charge on any atom is -0.385 e. The Morgan fingerprint density at radius 3 is 2.62 bits per heavy atom. The van der Waals surface area contributed by atoms with Gasteiger partial charge in [0.2, 0.25) is 10.0 Å². The molecule has 0 aromatic carbocycles. The zero-order valence-corrected chi connectivity index (χ0v) is 17.0. The Kier molecular flexibility index (Phi) is 9.10. The summed E-state index contributed by atoms with van der Waals surface area (Å²) in [7, 11) is -1.33. The molecule has 26 heavy (non-hydrogen) atoms. The summed E-state index contributed by atoms with van der Waals surface area (Å²) in [5, 5.41) is 3.32. The molecule has 2 aliphatic heterocycles. The van der Waals surface area contributed by atoms with Crippen molar-refractivity contribution in [2.75, 3.05) is 65.3 Å². The van der Waals surface area contributed by atoms with E-state index in [1.807, 2.05) is 6.92 Å². The molecule has 2 saturated heterocycles. The average molecular weight is 391 g/mol. The van der Waals surface area contributed by atoms with Crippen molar-refractivity contribution in [3.05, 3.63) is 0 Å². The Morgan fingerprint density at radius 2 is 2.00 bits per heavy atom. The van der Waals surface area contributed by atoms with E-state index in [1.54, 1.807) is 11.4 Å². The first-order chi connectivity index (χ1) is 12.6. The number of hydrogen-bond donors (Lipinski definition) is 1. The maximum atomic E-state index is 11.9. The summed E-state index contributed by atoms with van der Waals surface area (Å²) < 4.78 is 36.2. The van der Waals surface area contributed by atoms with Crippen LogP contribution in [0.1, 0.15) is 32.6 Å². The molecule has 0 amide bonds. The highest BCUT2D eigenvalue weighted by molar-refractivity contribution is 7.89. The van der Waals surface area contributed by atoms with Crippen molar-refractivity contribution in [1.82, 2.24) is 14.5 Å². The quantitative estimate of drug-likeness (QED) is 0.351. The lowest BCUT2D eigenvalue weighted by atomic mass is 10.1. The number of rotatable bonds is 9. The van der Waals surface area contributed by atoms with Gasteiger partial charge in [-0.15, -0.1) is 0 Å². The number of guanidine groups is 1. The lowest BCUT2D eigenvalue weighted by Crippen LogP contribution is -2.47. The molecule has 0 aliphatic carbocycles. The molecule has 2 fully saturated rings. The maximum absolute atomic E-state index is 11.9. The maximum Gasteiger partial charge on any atom is 0.214 e. The molecule has 0 atom stereocenters. The van der Waals surface area contributed by atoms with Gasteiger partial charge in [-0.05, 0) is 32.6 Å². The molecule has 0 saturated carbocycles. The van der Waals surface area contributed by atoms with Gasteiger partial charge in [0.1, 0.15) is 0 Å². The third kappa shape index (κ3) is 6.68. The molecule has 2 heterocycles. The van der Waals surface area contributed by atoms with E-state index in [4.69, 9.17) is 9.47 Å². The molecule has 1 N–H and O–H groups in total. The Balaban J connectivity index is 1.76. The van der Waals surface area contributed by atoms with Gasteiger partial charge in [0.15, 0.2) is 5.96 Å². The van der Waals surface area contributed by atoms with Gasteiger partial charge in [-0.1, -0.05) is 0 Å². The Morgan fingerprint density at radius 1 is 1.23 bits per heavy atom. The fraction of sp³-hybridized carbons (Fsp3) is 0.941. The number of aliphatic imine (C=N–C) groups is 1. The number of likely N-dealkylation sites (tertiary alicyclic amines) is 1. The fourth-order valence-electron chi connectivity index (χ4n) is 3.32. The van der Waals surface area contributed by atoms with Gasteiger partial charge in [0, 0.05) is 53.0 Å². The minimum atomic E-state index is -3.04. The van der Waals surface area contributed by atoms with Crippen molar-refractivity contribution >= 4 is 16.0 Å². The molecule has 8 nitrogen and oxygen atoms in total. The fourth-order valence-corrected chi connectivity index (χ4v) is 4.84. The van der Waals surface area contributed by atoms with Gasteiger partial charge < -0.3 is 19.7 Å². The summed E-state index contributed by atoms with van der Waals surface area (Å²) >= 11 is 0. The minimum absolute atomic E-state index is 0.272. The first-order valence-corrected chi connectivity index (χ1v) is 11.3. The monoisotopic (exact) mass is 390 g/mol. The van der Waals surface area contributed by atoms with Gasteiger partial charge in [-0.2, -0.15) is 0 Å². The molecule has 0 unspecified atom stereocenters. The van der Waals surface area contributed by atoms with E-state index >= 15 is 0 Å². The van der Waals surface area contributed by atoms with E-state index in [0.717, 1.165) is 64.5 Å². The molecular formula is C17H34N4O4S. The second-order valence-corrected chi connectivity index (χ2v) is 8.80. The number of methoxy groups -OCH3 is 1. The predicted octanol–water partition coefficient (Wildman–Crippen LogP) is 0.505. The molecule has 0 aromatic rings. The third-order valence-electron chi connectivity index (χ3n) is 4.74. The van der Waals surface area contributed by atoms with Gasteiger partial charge in [-0.3, -0.25) is 4.99 Å². The molecule has 0 bridgehead atoms. The standard InChI is InChI=1S/C17H34N4O4S/c1-3-18-17(19-8-12-21-9-4-15-26(21,22)23)20-10-6-16(7-11-20)25-14-5-13-24-2/h16H,3-15H2,1-2H3,(H,18,19). The van der Waals surface area contributed by atoms with Gasteiger partial charge >= 0.3 is 0 Å². The summed E-state index contributed by atoms with van der Waals surface area (Å²) in [5.74, 6) is 1.15. The summed E-state index contributed by atoms with van der Waals surface area (Å²) in [4.78, 5) is 6.89. The first kappa shape index (κ1) is 21.4. The van der Waals surface area contributed by atoms with E-state index in [0.29, 0.717) is 25.7 Å². The number of nitrogens with zero attached hydrogens (tertiary/aromatic N) is 3. The van der Waals surface area contributed by atoms with Crippen LogP contribution in [-0.2, 0) is 19.5 Å². The zero-order chi connectivity index (χ0) is 18.8. The zero-order valence-electron chi connectivity index (χ0n) is 16.2. The van der Waals surface area contributed by atoms with Crippen LogP contribution in [0.3, 0.4) is 0 Å². The van der Waals surface area contributed by atoms with E-state index in [-0.39, 0.29) is 5.75 Å². The van der Waals surface area contributed by atoms with E-state index in [2.05, 4.69) is 15.2 Å². The second kappa shape index (κ2) is 11.1. The van der Waals surface area contributed by atoms with E-state index in [9.17, 15) is 8.42 Å². The highest BCUT2D eigenvalue weighted by atomic mass is 32.2. The smallest absolute Gasteiger partial charge is 0.214 e. The molecule has 2 rings (SSSR count). The highest BCUT2D eigenvalue weighted by Gasteiger charge is 2.27. The van der Waals surface area contributed by atoms with Crippen LogP contribution in [0.5, 0.6) is 0 Å². The molecule has 152 valence electrons. The normalized spacial score (nSPS) is 22.1. The lowest BCUT2D eigenvalue weighted by molar-refractivity contribution is 0.00990. The van der Waals surface area contributed by atoms with Crippen LogP contribution in [0.2, 0.25) is 0 Å². The third-order valence-corrected chi connectivity index (χ3v) is 6.69. The molecule has 2 aliphatic rings. The van der Waals surface area contributed by atoms with Gasteiger partial charge in [-0.25, -0.2) is 12.7 Å². The van der Waals surface area contributed by atoms with Crippen molar-refractivity contribution in [3.63, 3.8) is 0 Å². The Labute approximate surface area is 158 Å². The number of hydrogen-bond acceptors (Lipinski definition) is 5. The summed E-state index contributed by atoms with van der Waals surface area (Å²) in [6.07, 6.45) is 3.93. The lowest BCUT2D eigenvalue weighted by Gasteiger charge is -2.34. The molecule has 0 radical (unpaired) electrons. The SMILES string of the molecule is CCNC(=NCCN1CCCS1(=O)=O)N1CCC(OCCCOC)CC1. The predicted molar refractivity (Wildman–Crippen MR) is 103 cm³/mol. The van der Waals surface area contributed by atoms with E-state index in [1.165, 1.54) is 0 Å². The Hall–Kier alpha value is -0.900. The topological polar surface area (TPSA) is 83.5 Å². The van der Waals surface area contributed by atoms with Crippen LogP contribution in [0, 0.1) is 0 Å². The van der Waals surface area contributed by atoms with Crippen molar-refractivity contribution in [2.45, 2.75) is 38.7 Å². The number of piperidine rings is 1. The van der Waals surface area contributed by atoms with Crippen LogP contribution in [0.15, 0.2) is 4.99 Å².